The van der Waals surface area contributed by atoms with Crippen molar-refractivity contribution in [2.75, 3.05) is 36.5 Å². The Morgan fingerprint density at radius 3 is 2.66 bits per heavy atom. The number of halogens is 2. The van der Waals surface area contributed by atoms with Crippen LogP contribution in [0, 0.1) is 18.6 Å². The van der Waals surface area contributed by atoms with E-state index >= 15 is 0 Å². The van der Waals surface area contributed by atoms with Crippen molar-refractivity contribution >= 4 is 23.0 Å². The van der Waals surface area contributed by atoms with Crippen LogP contribution in [0.25, 0.3) is 11.3 Å². The zero-order chi connectivity index (χ0) is 20.0. The molecule has 2 N–H and O–H groups in total. The lowest BCUT2D eigenvalue weighted by Crippen LogP contribution is -2.36. The van der Waals surface area contributed by atoms with Gasteiger partial charge in [0.05, 0.1) is 47.7 Å². The molecule has 2 aromatic heterocycles. The highest BCUT2D eigenvalue weighted by molar-refractivity contribution is 6.13. The number of anilines is 2. The fraction of sp³-hybridized carbons (Fsp3) is 0.250. The van der Waals surface area contributed by atoms with E-state index in [1.54, 1.807) is 6.20 Å². The molecule has 0 radical (unpaired) electrons. The predicted molar refractivity (Wildman–Crippen MR) is 106 cm³/mol. The highest BCUT2D eigenvalue weighted by atomic mass is 19.1. The van der Waals surface area contributed by atoms with Crippen LogP contribution < -0.4 is 10.2 Å². The lowest BCUT2D eigenvalue weighted by Gasteiger charge is -2.28. The Bertz CT molecular complexity index is 1100. The van der Waals surface area contributed by atoms with Crippen LogP contribution in [0.1, 0.15) is 11.3 Å². The third-order valence-electron chi connectivity index (χ3n) is 5.07. The Morgan fingerprint density at radius 1 is 1.14 bits per heavy atom. The number of aromatic amines is 1. The molecule has 148 valence electrons. The van der Waals surface area contributed by atoms with Crippen molar-refractivity contribution < 1.29 is 13.5 Å². The summed E-state index contributed by atoms with van der Waals surface area (Å²) in [4.78, 5) is 11.4. The summed E-state index contributed by atoms with van der Waals surface area (Å²) in [6.07, 6.45) is 1.57. The van der Waals surface area contributed by atoms with Gasteiger partial charge in [-0.25, -0.2) is 18.8 Å². The normalized spacial score (nSPS) is 15.8. The van der Waals surface area contributed by atoms with E-state index in [-0.39, 0.29) is 11.4 Å². The van der Waals surface area contributed by atoms with Crippen molar-refractivity contribution in [2.24, 2.45) is 4.99 Å². The van der Waals surface area contributed by atoms with E-state index in [1.807, 2.05) is 13.0 Å². The molecule has 2 aliphatic heterocycles. The number of hydrogen-bond donors (Lipinski definition) is 2. The molecule has 0 unspecified atom stereocenters. The Balaban J connectivity index is 1.70. The predicted octanol–water partition coefficient (Wildman–Crippen LogP) is 3.40. The van der Waals surface area contributed by atoms with E-state index in [9.17, 15) is 8.78 Å². The SMILES string of the molecule is Cc1nc(N2CCOCC2)cc2c1N=C(c1c(F)cccc1F)Nc1cn[nH]c1-2. The molecule has 0 aliphatic carbocycles. The monoisotopic (exact) mass is 396 g/mol. The zero-order valence-corrected chi connectivity index (χ0v) is 15.7. The average Bonchev–Trinajstić information content (AvgIpc) is 3.11. The maximum absolute atomic E-state index is 14.4. The van der Waals surface area contributed by atoms with Gasteiger partial charge in [0.2, 0.25) is 0 Å². The second-order valence-corrected chi connectivity index (χ2v) is 6.90. The lowest BCUT2D eigenvalue weighted by molar-refractivity contribution is 0.122. The number of nitrogens with one attached hydrogen (secondary N) is 2. The van der Waals surface area contributed by atoms with E-state index in [0.717, 1.165) is 24.5 Å². The van der Waals surface area contributed by atoms with Gasteiger partial charge in [0.1, 0.15) is 23.3 Å². The molecule has 0 spiro atoms. The minimum absolute atomic E-state index is 0.0750. The molecule has 1 aromatic carbocycles. The van der Waals surface area contributed by atoms with Crippen molar-refractivity contribution in [3.05, 3.63) is 53.4 Å². The summed E-state index contributed by atoms with van der Waals surface area (Å²) >= 11 is 0. The Hall–Kier alpha value is -3.33. The number of aromatic nitrogens is 3. The van der Waals surface area contributed by atoms with E-state index in [1.165, 1.54) is 18.2 Å². The first-order chi connectivity index (χ1) is 14.1. The van der Waals surface area contributed by atoms with Crippen LogP contribution in [0.4, 0.5) is 26.0 Å². The number of H-pyrrole nitrogens is 1. The summed E-state index contributed by atoms with van der Waals surface area (Å²) in [5.41, 5.74) is 3.02. The number of hydrogen-bond acceptors (Lipinski definition) is 6. The van der Waals surface area contributed by atoms with Gasteiger partial charge in [0.15, 0.2) is 0 Å². The van der Waals surface area contributed by atoms with Gasteiger partial charge in [-0.1, -0.05) is 6.07 Å². The van der Waals surface area contributed by atoms with Gasteiger partial charge in [0.25, 0.3) is 0 Å². The van der Waals surface area contributed by atoms with Crippen LogP contribution in [0.3, 0.4) is 0 Å². The average molecular weight is 396 g/mol. The van der Waals surface area contributed by atoms with Crippen molar-refractivity contribution in [1.29, 1.82) is 0 Å². The van der Waals surface area contributed by atoms with Crippen molar-refractivity contribution in [3.63, 3.8) is 0 Å². The Morgan fingerprint density at radius 2 is 1.90 bits per heavy atom. The van der Waals surface area contributed by atoms with Gasteiger partial charge in [-0.15, -0.1) is 0 Å². The molecule has 4 heterocycles. The van der Waals surface area contributed by atoms with Crippen molar-refractivity contribution in [1.82, 2.24) is 15.2 Å². The number of nitrogens with zero attached hydrogens (tertiary/aromatic N) is 4. The maximum Gasteiger partial charge on any atom is 0.144 e. The number of fused-ring (bicyclic) bond motifs is 3. The van der Waals surface area contributed by atoms with Crippen molar-refractivity contribution in [3.8, 4) is 11.3 Å². The molecule has 2 aliphatic rings. The Labute approximate surface area is 165 Å². The van der Waals surface area contributed by atoms with Crippen LogP contribution >= 0.6 is 0 Å². The van der Waals surface area contributed by atoms with Crippen LogP contribution in [-0.4, -0.2) is 47.3 Å². The van der Waals surface area contributed by atoms with Crippen LogP contribution in [-0.2, 0) is 4.74 Å². The molecule has 5 rings (SSSR count). The molecular formula is C20H18F2N6O. The third kappa shape index (κ3) is 3.03. The number of aryl methyl sites for hydroxylation is 1. The van der Waals surface area contributed by atoms with Crippen LogP contribution in [0.5, 0.6) is 0 Å². The summed E-state index contributed by atoms with van der Waals surface area (Å²) in [7, 11) is 0. The summed E-state index contributed by atoms with van der Waals surface area (Å²) in [6.45, 7) is 4.61. The lowest BCUT2D eigenvalue weighted by atomic mass is 10.1. The number of amidine groups is 1. The number of pyridine rings is 1. The number of aliphatic imine (C=N–C) groups is 1. The second kappa shape index (κ2) is 6.93. The molecule has 1 saturated heterocycles. The zero-order valence-electron chi connectivity index (χ0n) is 15.7. The first-order valence-electron chi connectivity index (χ1n) is 9.30. The smallest absolute Gasteiger partial charge is 0.144 e. The van der Waals surface area contributed by atoms with Gasteiger partial charge >= 0.3 is 0 Å². The van der Waals surface area contributed by atoms with Crippen LogP contribution in [0.2, 0.25) is 0 Å². The summed E-state index contributed by atoms with van der Waals surface area (Å²) < 4.78 is 34.3. The standard InChI is InChI=1S/C20H18F2N6O/c1-11-18-12(9-16(24-11)28-5-7-29-8-6-28)19-15(10-23-27-19)25-20(26-18)17-13(21)3-2-4-14(17)22/h2-4,9-10H,5-8H2,1H3,(H,23,27)(H,25,26). The van der Waals surface area contributed by atoms with E-state index in [4.69, 9.17) is 9.72 Å². The number of ether oxygens (including phenoxy) is 1. The summed E-state index contributed by atoms with van der Waals surface area (Å²) in [5.74, 6) is -0.507. The summed E-state index contributed by atoms with van der Waals surface area (Å²) in [6, 6.07) is 5.66. The third-order valence-corrected chi connectivity index (χ3v) is 5.07. The quantitative estimate of drug-likeness (QED) is 0.694. The molecule has 3 aromatic rings. The first-order valence-corrected chi connectivity index (χ1v) is 9.30. The summed E-state index contributed by atoms with van der Waals surface area (Å²) in [5, 5.41) is 10.1. The van der Waals surface area contributed by atoms with Gasteiger partial charge in [-0.05, 0) is 25.1 Å². The minimum Gasteiger partial charge on any atom is -0.378 e. The molecule has 0 amide bonds. The van der Waals surface area contributed by atoms with E-state index in [2.05, 4.69) is 25.4 Å². The fourth-order valence-corrected chi connectivity index (χ4v) is 3.63. The minimum atomic E-state index is -0.694. The van der Waals surface area contributed by atoms with Gasteiger partial charge in [-0.2, -0.15) is 5.10 Å². The molecule has 1 fully saturated rings. The molecule has 0 bridgehead atoms. The van der Waals surface area contributed by atoms with Gasteiger partial charge in [0, 0.05) is 18.7 Å². The van der Waals surface area contributed by atoms with Gasteiger partial charge < -0.3 is 15.0 Å². The number of benzene rings is 1. The molecule has 29 heavy (non-hydrogen) atoms. The second-order valence-electron chi connectivity index (χ2n) is 6.90. The number of morpholine rings is 1. The number of rotatable bonds is 2. The fourth-order valence-electron chi connectivity index (χ4n) is 3.63. The van der Waals surface area contributed by atoms with E-state index in [0.29, 0.717) is 36.0 Å². The topological polar surface area (TPSA) is 78.4 Å². The van der Waals surface area contributed by atoms with E-state index < -0.39 is 11.6 Å². The van der Waals surface area contributed by atoms with Gasteiger partial charge in [-0.3, -0.25) is 5.10 Å². The highest BCUT2D eigenvalue weighted by Crippen LogP contribution is 2.40. The largest absolute Gasteiger partial charge is 0.378 e. The Kier molecular flexibility index (Phi) is 4.24. The van der Waals surface area contributed by atoms with Crippen LogP contribution in [0.15, 0.2) is 35.5 Å². The molecule has 0 saturated carbocycles. The molecule has 7 nitrogen and oxygen atoms in total. The maximum atomic E-state index is 14.4. The molecular weight excluding hydrogens is 378 g/mol. The van der Waals surface area contributed by atoms with Crippen molar-refractivity contribution in [2.45, 2.75) is 6.92 Å². The molecule has 0 atom stereocenters. The first kappa shape index (κ1) is 17.7. The highest BCUT2D eigenvalue weighted by Gasteiger charge is 2.26. The molecule has 9 heteroatoms.